The van der Waals surface area contributed by atoms with Crippen LogP contribution in [0.1, 0.15) is 6.92 Å². The summed E-state index contributed by atoms with van der Waals surface area (Å²) in [5, 5.41) is 10.5. The predicted octanol–water partition coefficient (Wildman–Crippen LogP) is -0.636. The average molecular weight is 129 g/mol. The van der Waals surface area contributed by atoms with E-state index >= 15 is 0 Å². The largest absolute Gasteiger partial charge is 0.395 e. The molecule has 0 fully saturated rings. The van der Waals surface area contributed by atoms with Gasteiger partial charge in [0.2, 0.25) is 5.91 Å². The highest BCUT2D eigenvalue weighted by molar-refractivity contribution is 5.72. The molecular formula is C6H11NO2. The maximum atomic E-state index is 9.98. The van der Waals surface area contributed by atoms with Crippen molar-refractivity contribution in [2.75, 3.05) is 13.2 Å². The lowest BCUT2D eigenvalue weighted by molar-refractivity contribution is -0.119. The minimum absolute atomic E-state index is 0.0135. The van der Waals surface area contributed by atoms with Crippen LogP contribution in [-0.2, 0) is 4.79 Å². The van der Waals surface area contributed by atoms with E-state index in [1.165, 1.54) is 6.92 Å². The quantitative estimate of drug-likeness (QED) is 0.487. The third kappa shape index (κ3) is 19.5. The van der Waals surface area contributed by atoms with E-state index in [-0.39, 0.29) is 12.5 Å². The molecular weight excluding hydrogens is 118 g/mol. The summed E-state index contributed by atoms with van der Waals surface area (Å²) in [6.45, 7) is 1.78. The summed E-state index contributed by atoms with van der Waals surface area (Å²) in [7, 11) is 0. The second-order valence-corrected chi connectivity index (χ2v) is 1.21. The van der Waals surface area contributed by atoms with Crippen LogP contribution in [0.4, 0.5) is 0 Å². The second-order valence-electron chi connectivity index (χ2n) is 1.21. The van der Waals surface area contributed by atoms with Crippen molar-refractivity contribution in [3.63, 3.8) is 0 Å². The maximum absolute atomic E-state index is 9.98. The minimum Gasteiger partial charge on any atom is -0.395 e. The number of nitrogens with one attached hydrogen (secondary N) is 1. The molecule has 3 heteroatoms. The molecule has 1 amide bonds. The predicted molar refractivity (Wildman–Crippen MR) is 35.7 cm³/mol. The molecule has 0 saturated carbocycles. The lowest BCUT2D eigenvalue weighted by Crippen LogP contribution is -2.22. The molecule has 0 saturated heterocycles. The molecule has 9 heavy (non-hydrogen) atoms. The van der Waals surface area contributed by atoms with E-state index in [4.69, 9.17) is 5.11 Å². The topological polar surface area (TPSA) is 49.3 Å². The summed E-state index contributed by atoms with van der Waals surface area (Å²) < 4.78 is 0. The number of carbonyl (C=O) groups is 1. The fourth-order valence-corrected chi connectivity index (χ4v) is 0.232. The van der Waals surface area contributed by atoms with Gasteiger partial charge in [-0.05, 0) is 0 Å². The fraction of sp³-hybridized carbons (Fsp3) is 0.500. The highest BCUT2D eigenvalue weighted by Gasteiger charge is 1.83. The Kier molecular flexibility index (Phi) is 12.2. The molecule has 0 aromatic rings. The first-order valence-electron chi connectivity index (χ1n) is 2.46. The van der Waals surface area contributed by atoms with Gasteiger partial charge in [0, 0.05) is 13.5 Å². The maximum Gasteiger partial charge on any atom is 0.216 e. The number of amides is 1. The van der Waals surface area contributed by atoms with Crippen molar-refractivity contribution < 1.29 is 9.90 Å². The Bertz CT molecular complexity index is 88.3. The molecule has 0 aliphatic rings. The molecule has 0 spiro atoms. The van der Waals surface area contributed by atoms with Gasteiger partial charge in [0.15, 0.2) is 0 Å². The minimum atomic E-state index is -0.103. The zero-order chi connectivity index (χ0) is 7.70. The molecule has 0 aliphatic heterocycles. The number of rotatable bonds is 2. The molecule has 52 valence electrons. The Morgan fingerprint density at radius 3 is 2.22 bits per heavy atom. The van der Waals surface area contributed by atoms with Crippen LogP contribution in [0.15, 0.2) is 0 Å². The van der Waals surface area contributed by atoms with Crippen LogP contribution in [-0.4, -0.2) is 24.2 Å². The van der Waals surface area contributed by atoms with E-state index in [1.54, 1.807) is 0 Å². The average Bonchev–Trinajstić information content (AvgIpc) is 1.88. The third-order valence-corrected chi connectivity index (χ3v) is 0.486. The van der Waals surface area contributed by atoms with E-state index in [2.05, 4.69) is 18.2 Å². The van der Waals surface area contributed by atoms with E-state index in [0.29, 0.717) is 6.54 Å². The first-order chi connectivity index (χ1) is 4.27. The molecule has 0 rings (SSSR count). The van der Waals surface area contributed by atoms with Gasteiger partial charge in [0.05, 0.1) is 6.61 Å². The van der Waals surface area contributed by atoms with Gasteiger partial charge in [-0.1, -0.05) is 0 Å². The van der Waals surface area contributed by atoms with Crippen molar-refractivity contribution in [1.29, 1.82) is 0 Å². The van der Waals surface area contributed by atoms with Crippen molar-refractivity contribution in [3.8, 4) is 12.8 Å². The molecule has 0 bridgehead atoms. The van der Waals surface area contributed by atoms with E-state index in [0.717, 1.165) is 0 Å². The number of terminal acetylenes is 1. The van der Waals surface area contributed by atoms with E-state index in [9.17, 15) is 4.79 Å². The molecule has 0 aromatic carbocycles. The van der Waals surface area contributed by atoms with Crippen LogP contribution in [0.5, 0.6) is 0 Å². The number of aliphatic hydroxyl groups excluding tert-OH is 1. The van der Waals surface area contributed by atoms with Gasteiger partial charge < -0.3 is 10.4 Å². The van der Waals surface area contributed by atoms with Gasteiger partial charge in [-0.25, -0.2) is 0 Å². The van der Waals surface area contributed by atoms with Crippen LogP contribution in [0, 0.1) is 12.8 Å². The molecule has 0 radical (unpaired) electrons. The first-order valence-corrected chi connectivity index (χ1v) is 2.46. The number of aliphatic hydroxyl groups is 1. The van der Waals surface area contributed by atoms with Gasteiger partial charge >= 0.3 is 0 Å². The molecule has 2 N–H and O–H groups in total. The van der Waals surface area contributed by atoms with E-state index in [1.807, 2.05) is 0 Å². The lowest BCUT2D eigenvalue weighted by Gasteiger charge is -1.93. The van der Waals surface area contributed by atoms with Crippen LogP contribution >= 0.6 is 0 Å². The van der Waals surface area contributed by atoms with Crippen molar-refractivity contribution in [1.82, 2.24) is 5.32 Å². The highest BCUT2D eigenvalue weighted by atomic mass is 16.3. The van der Waals surface area contributed by atoms with Crippen LogP contribution < -0.4 is 5.32 Å². The molecule has 0 aromatic heterocycles. The van der Waals surface area contributed by atoms with Crippen LogP contribution in [0.25, 0.3) is 0 Å². The van der Waals surface area contributed by atoms with Crippen molar-refractivity contribution in [2.24, 2.45) is 0 Å². The Morgan fingerprint density at radius 1 is 1.67 bits per heavy atom. The van der Waals surface area contributed by atoms with Gasteiger partial charge in [-0.2, -0.15) is 0 Å². The Labute approximate surface area is 55.1 Å². The molecule has 0 unspecified atom stereocenters. The molecule has 0 aliphatic carbocycles. The Balaban J connectivity index is 0. The Morgan fingerprint density at radius 2 is 2.11 bits per heavy atom. The standard InChI is InChI=1S/C4H9NO2.C2H2/c1-4(7)5-2-3-6;1-2/h6H,2-3H2,1H3,(H,5,7);1-2H. The van der Waals surface area contributed by atoms with E-state index < -0.39 is 0 Å². The summed E-state index contributed by atoms with van der Waals surface area (Å²) in [4.78, 5) is 9.98. The van der Waals surface area contributed by atoms with Crippen molar-refractivity contribution >= 4 is 5.91 Å². The molecule has 0 heterocycles. The first kappa shape index (κ1) is 10.9. The lowest BCUT2D eigenvalue weighted by atomic mass is 10.6. The second kappa shape index (κ2) is 10.1. The normalized spacial score (nSPS) is 6.67. The smallest absolute Gasteiger partial charge is 0.216 e. The fourth-order valence-electron chi connectivity index (χ4n) is 0.232. The van der Waals surface area contributed by atoms with Gasteiger partial charge in [0.25, 0.3) is 0 Å². The van der Waals surface area contributed by atoms with Gasteiger partial charge in [-0.3, -0.25) is 4.79 Å². The number of hydrogen-bond donors (Lipinski definition) is 2. The molecule has 0 atom stereocenters. The summed E-state index contributed by atoms with van der Waals surface area (Å²) in [5.41, 5.74) is 0. The zero-order valence-electron chi connectivity index (χ0n) is 5.42. The summed E-state index contributed by atoms with van der Waals surface area (Å²) in [5.74, 6) is -0.103. The number of hydrogen-bond acceptors (Lipinski definition) is 2. The Hall–Kier alpha value is -1.01. The number of carbonyl (C=O) groups excluding carboxylic acids is 1. The highest BCUT2D eigenvalue weighted by Crippen LogP contribution is 1.56. The van der Waals surface area contributed by atoms with Crippen LogP contribution in [0.2, 0.25) is 0 Å². The SMILES string of the molecule is C#C.CC(=O)NCCO. The summed E-state index contributed by atoms with van der Waals surface area (Å²) in [6, 6.07) is 0. The monoisotopic (exact) mass is 129 g/mol. The summed E-state index contributed by atoms with van der Waals surface area (Å²) >= 11 is 0. The van der Waals surface area contributed by atoms with Crippen LogP contribution in [0.3, 0.4) is 0 Å². The molecule has 3 nitrogen and oxygen atoms in total. The van der Waals surface area contributed by atoms with Crippen molar-refractivity contribution in [3.05, 3.63) is 0 Å². The summed E-state index contributed by atoms with van der Waals surface area (Å²) in [6.07, 6.45) is 8.00. The van der Waals surface area contributed by atoms with Gasteiger partial charge in [0.1, 0.15) is 0 Å². The van der Waals surface area contributed by atoms with Crippen molar-refractivity contribution in [2.45, 2.75) is 6.92 Å². The third-order valence-electron chi connectivity index (χ3n) is 0.486. The van der Waals surface area contributed by atoms with Gasteiger partial charge in [-0.15, -0.1) is 12.8 Å². The zero-order valence-corrected chi connectivity index (χ0v) is 5.42.